The van der Waals surface area contributed by atoms with Gasteiger partial charge >= 0.3 is 0 Å². The second-order valence-electron chi connectivity index (χ2n) is 4.96. The summed E-state index contributed by atoms with van der Waals surface area (Å²) in [7, 11) is 1.67. The number of hydrogen-bond donors (Lipinski definition) is 0. The lowest BCUT2D eigenvalue weighted by Crippen LogP contribution is -2.12. The van der Waals surface area contributed by atoms with E-state index in [0.29, 0.717) is 12.5 Å². The molecule has 0 saturated heterocycles. The van der Waals surface area contributed by atoms with Crippen molar-refractivity contribution < 1.29 is 9.53 Å². The lowest BCUT2D eigenvalue weighted by Gasteiger charge is -2.22. The van der Waals surface area contributed by atoms with E-state index >= 15 is 0 Å². The van der Waals surface area contributed by atoms with Crippen molar-refractivity contribution in [3.63, 3.8) is 0 Å². The minimum Gasteiger partial charge on any atom is -0.496 e. The Labute approximate surface area is 109 Å². The van der Waals surface area contributed by atoms with Gasteiger partial charge in [-0.1, -0.05) is 19.9 Å². The Balaban J connectivity index is 3.25. The largest absolute Gasteiger partial charge is 0.496 e. The summed E-state index contributed by atoms with van der Waals surface area (Å²) in [5.41, 5.74) is 3.55. The van der Waals surface area contributed by atoms with Crippen LogP contribution in [-0.4, -0.2) is 19.7 Å². The average Bonchev–Trinajstić information content (AvgIpc) is 2.33. The van der Waals surface area contributed by atoms with Gasteiger partial charge in [-0.3, -0.25) is 0 Å². The smallest absolute Gasteiger partial charge is 0.234 e. The first-order chi connectivity index (χ1) is 8.51. The molecule has 18 heavy (non-hydrogen) atoms. The van der Waals surface area contributed by atoms with Crippen molar-refractivity contribution in [1.29, 1.82) is 0 Å². The number of aliphatic imine (C=N–C) groups is 1. The monoisotopic (exact) mass is 247 g/mol. The van der Waals surface area contributed by atoms with Gasteiger partial charge in [-0.15, -0.1) is 0 Å². The first kappa shape index (κ1) is 14.5. The summed E-state index contributed by atoms with van der Waals surface area (Å²) in [4.78, 5) is 14.1. The van der Waals surface area contributed by atoms with Gasteiger partial charge in [0.1, 0.15) is 5.75 Å². The van der Waals surface area contributed by atoms with Crippen LogP contribution < -0.4 is 4.74 Å². The highest BCUT2D eigenvalue weighted by atomic mass is 16.5. The zero-order valence-corrected chi connectivity index (χ0v) is 11.8. The topological polar surface area (TPSA) is 38.7 Å². The molecule has 0 aromatic heterocycles. The van der Waals surface area contributed by atoms with Crippen molar-refractivity contribution in [2.75, 3.05) is 13.7 Å². The maximum atomic E-state index is 10.3. The van der Waals surface area contributed by atoms with Gasteiger partial charge in [-0.25, -0.2) is 9.79 Å². The minimum atomic E-state index is 0.181. The van der Waals surface area contributed by atoms with Gasteiger partial charge in [0, 0.05) is 5.92 Å². The molecule has 0 heterocycles. The van der Waals surface area contributed by atoms with Crippen LogP contribution in [0.4, 0.5) is 0 Å². The van der Waals surface area contributed by atoms with Crippen LogP contribution in [0.5, 0.6) is 5.75 Å². The first-order valence-corrected chi connectivity index (χ1v) is 6.20. The van der Waals surface area contributed by atoms with E-state index in [1.165, 1.54) is 11.1 Å². The molecule has 0 amide bonds. The Morgan fingerprint density at radius 3 is 2.39 bits per heavy atom. The quantitative estimate of drug-likeness (QED) is 0.591. The Bertz CT molecular complexity index is 460. The number of rotatable bonds is 5. The van der Waals surface area contributed by atoms with Crippen molar-refractivity contribution in [2.24, 2.45) is 10.9 Å². The molecule has 0 saturated carbocycles. The Hall–Kier alpha value is -1.60. The van der Waals surface area contributed by atoms with E-state index in [4.69, 9.17) is 4.74 Å². The summed E-state index contributed by atoms with van der Waals surface area (Å²) in [6.07, 6.45) is 1.62. The van der Waals surface area contributed by atoms with Crippen LogP contribution >= 0.6 is 0 Å². The molecule has 0 aliphatic heterocycles. The Kier molecular flexibility index (Phi) is 5.11. The molecule has 1 aromatic carbocycles. The van der Waals surface area contributed by atoms with Crippen molar-refractivity contribution in [2.45, 2.75) is 33.6 Å². The molecular weight excluding hydrogens is 226 g/mol. The van der Waals surface area contributed by atoms with E-state index in [1.807, 2.05) is 6.07 Å². The summed E-state index contributed by atoms with van der Waals surface area (Å²) in [5, 5.41) is 0. The summed E-state index contributed by atoms with van der Waals surface area (Å²) in [6.45, 7) is 8.85. The number of methoxy groups -OCH3 is 1. The minimum absolute atomic E-state index is 0.181. The van der Waals surface area contributed by atoms with Crippen molar-refractivity contribution >= 4 is 6.08 Å². The van der Waals surface area contributed by atoms with Crippen LogP contribution in [0, 0.1) is 19.8 Å². The number of nitrogens with zero attached hydrogens (tertiary/aromatic N) is 1. The summed E-state index contributed by atoms with van der Waals surface area (Å²) in [6, 6.07) is 4.18. The highest BCUT2D eigenvalue weighted by Gasteiger charge is 2.20. The summed E-state index contributed by atoms with van der Waals surface area (Å²) >= 11 is 0. The number of carbonyl (C=O) groups excluding carboxylic acids is 1. The molecule has 0 bridgehead atoms. The Morgan fingerprint density at radius 1 is 1.28 bits per heavy atom. The highest BCUT2D eigenvalue weighted by Crippen LogP contribution is 2.34. The molecule has 0 aliphatic carbocycles. The number of benzene rings is 1. The zero-order valence-electron chi connectivity index (χ0n) is 11.8. The third-order valence-corrected chi connectivity index (χ3v) is 3.40. The van der Waals surface area contributed by atoms with Crippen LogP contribution in [0.3, 0.4) is 0 Å². The zero-order chi connectivity index (χ0) is 13.7. The summed E-state index contributed by atoms with van der Waals surface area (Å²) in [5.74, 6) is 1.44. The molecule has 1 unspecified atom stereocenters. The fourth-order valence-corrected chi connectivity index (χ4v) is 2.08. The number of hydrogen-bond acceptors (Lipinski definition) is 3. The van der Waals surface area contributed by atoms with Crippen molar-refractivity contribution in [3.8, 4) is 5.75 Å². The molecule has 1 aromatic rings. The first-order valence-electron chi connectivity index (χ1n) is 6.20. The van der Waals surface area contributed by atoms with Gasteiger partial charge in [0.15, 0.2) is 0 Å². The van der Waals surface area contributed by atoms with Crippen LogP contribution in [0.25, 0.3) is 0 Å². The molecule has 98 valence electrons. The SMILES string of the molecule is COc1cc(C)c(C)cc1C(CN=C=O)C(C)C. The molecule has 0 fully saturated rings. The molecule has 0 radical (unpaired) electrons. The molecule has 1 rings (SSSR count). The second kappa shape index (κ2) is 6.36. The molecule has 1 atom stereocenters. The van der Waals surface area contributed by atoms with Gasteiger partial charge in [0.25, 0.3) is 0 Å². The lowest BCUT2D eigenvalue weighted by molar-refractivity contribution is 0.395. The van der Waals surface area contributed by atoms with Crippen LogP contribution in [0.1, 0.15) is 36.5 Å². The maximum Gasteiger partial charge on any atom is 0.234 e. The third kappa shape index (κ3) is 3.21. The Morgan fingerprint density at radius 2 is 1.89 bits per heavy atom. The van der Waals surface area contributed by atoms with Crippen molar-refractivity contribution in [3.05, 3.63) is 28.8 Å². The number of ether oxygens (including phenoxy) is 1. The fourth-order valence-electron chi connectivity index (χ4n) is 2.08. The van der Waals surface area contributed by atoms with E-state index in [2.05, 4.69) is 38.8 Å². The van der Waals surface area contributed by atoms with Crippen LogP contribution in [0.15, 0.2) is 17.1 Å². The molecular formula is C15H21NO2. The van der Waals surface area contributed by atoms with E-state index in [0.717, 1.165) is 11.3 Å². The standard InChI is InChI=1S/C15H21NO2/c1-10(2)14(8-16-9-17)13-6-11(3)12(4)7-15(13)18-5/h6-7,10,14H,8H2,1-5H3. The van der Waals surface area contributed by atoms with E-state index in [-0.39, 0.29) is 5.92 Å². The van der Waals surface area contributed by atoms with Crippen LogP contribution in [0.2, 0.25) is 0 Å². The molecule has 3 nitrogen and oxygen atoms in total. The predicted molar refractivity (Wildman–Crippen MR) is 73.0 cm³/mol. The fraction of sp³-hybridized carbons (Fsp3) is 0.533. The lowest BCUT2D eigenvalue weighted by atomic mass is 9.86. The van der Waals surface area contributed by atoms with Gasteiger partial charge in [0.2, 0.25) is 6.08 Å². The molecule has 0 spiro atoms. The molecule has 0 aliphatic rings. The maximum absolute atomic E-state index is 10.3. The number of isocyanates is 1. The normalized spacial score (nSPS) is 12.1. The predicted octanol–water partition coefficient (Wildman–Crippen LogP) is 3.39. The summed E-state index contributed by atoms with van der Waals surface area (Å²) < 4.78 is 5.45. The van der Waals surface area contributed by atoms with Gasteiger partial charge < -0.3 is 4.74 Å². The molecule has 3 heteroatoms. The number of aryl methyl sites for hydroxylation is 2. The van der Waals surface area contributed by atoms with Crippen LogP contribution in [-0.2, 0) is 4.79 Å². The third-order valence-electron chi connectivity index (χ3n) is 3.40. The van der Waals surface area contributed by atoms with E-state index < -0.39 is 0 Å². The van der Waals surface area contributed by atoms with Gasteiger partial charge in [-0.2, -0.15) is 0 Å². The second-order valence-corrected chi connectivity index (χ2v) is 4.96. The molecule has 0 N–H and O–H groups in total. The average molecular weight is 247 g/mol. The van der Waals surface area contributed by atoms with Gasteiger partial charge in [-0.05, 0) is 42.5 Å². The van der Waals surface area contributed by atoms with Gasteiger partial charge in [0.05, 0.1) is 13.7 Å². The van der Waals surface area contributed by atoms with E-state index in [1.54, 1.807) is 13.2 Å². The van der Waals surface area contributed by atoms with E-state index in [9.17, 15) is 4.79 Å². The van der Waals surface area contributed by atoms with Crippen molar-refractivity contribution in [1.82, 2.24) is 0 Å². The highest BCUT2D eigenvalue weighted by molar-refractivity contribution is 5.44.